The molecule has 1 aliphatic heterocycles. The van der Waals surface area contributed by atoms with Crippen molar-refractivity contribution in [2.24, 2.45) is 0 Å². The number of rotatable bonds is 4. The summed E-state index contributed by atoms with van der Waals surface area (Å²) in [7, 11) is 0. The van der Waals surface area contributed by atoms with E-state index >= 15 is 0 Å². The first kappa shape index (κ1) is 16.2. The first-order valence-electron chi connectivity index (χ1n) is 8.20. The van der Waals surface area contributed by atoms with Crippen LogP contribution in [0.25, 0.3) is 0 Å². The van der Waals surface area contributed by atoms with Gasteiger partial charge in [0.1, 0.15) is 5.75 Å². The lowest BCUT2D eigenvalue weighted by atomic mass is 9.96. The molecule has 0 saturated heterocycles. The van der Waals surface area contributed by atoms with Crippen LogP contribution in [-0.4, -0.2) is 24.3 Å². The molecule has 2 aromatic rings. The number of Topliss-reactive ketones (excluding diaryl/α,β-unsaturated/α-hetero) is 1. The smallest absolute Gasteiger partial charge is 0.265 e. The van der Waals surface area contributed by atoms with E-state index in [1.165, 1.54) is 12.5 Å². The summed E-state index contributed by atoms with van der Waals surface area (Å²) >= 11 is 0. The van der Waals surface area contributed by atoms with Crippen molar-refractivity contribution in [1.82, 2.24) is 0 Å². The lowest BCUT2D eigenvalue weighted by Crippen LogP contribution is -2.44. The molecule has 0 aliphatic carbocycles. The van der Waals surface area contributed by atoms with Crippen LogP contribution < -0.4 is 9.64 Å². The Morgan fingerprint density at radius 3 is 2.54 bits per heavy atom. The fraction of sp³-hybridized carbons (Fsp3) is 0.300. The quantitative estimate of drug-likeness (QED) is 0.807. The van der Waals surface area contributed by atoms with Crippen LogP contribution in [-0.2, 0) is 11.2 Å². The lowest BCUT2D eigenvalue weighted by molar-refractivity contribution is -0.121. The van der Waals surface area contributed by atoms with Crippen LogP contribution in [0.4, 0.5) is 5.69 Å². The van der Waals surface area contributed by atoms with Gasteiger partial charge in [0.25, 0.3) is 5.91 Å². The predicted molar refractivity (Wildman–Crippen MR) is 93.7 cm³/mol. The Morgan fingerprint density at radius 2 is 1.83 bits per heavy atom. The minimum absolute atomic E-state index is 0.0105. The van der Waals surface area contributed by atoms with Gasteiger partial charge in [0, 0.05) is 17.3 Å². The second kappa shape index (κ2) is 6.87. The maximum atomic E-state index is 12.7. The van der Waals surface area contributed by atoms with Crippen LogP contribution in [0.1, 0.15) is 36.2 Å². The average molecular weight is 323 g/mol. The Bertz CT molecular complexity index is 752. The maximum Gasteiger partial charge on any atom is 0.265 e. The number of amides is 1. The summed E-state index contributed by atoms with van der Waals surface area (Å²) in [5.74, 6) is 0.549. The van der Waals surface area contributed by atoms with Gasteiger partial charge in [-0.2, -0.15) is 0 Å². The highest BCUT2D eigenvalue weighted by molar-refractivity contribution is 5.96. The van der Waals surface area contributed by atoms with Crippen molar-refractivity contribution in [1.29, 1.82) is 0 Å². The van der Waals surface area contributed by atoms with E-state index in [0.717, 1.165) is 18.5 Å². The van der Waals surface area contributed by atoms with E-state index in [-0.39, 0.29) is 24.3 Å². The van der Waals surface area contributed by atoms with E-state index in [1.807, 2.05) is 23.1 Å². The number of ketones is 1. The number of hydrogen-bond acceptors (Lipinski definition) is 3. The molecule has 1 atom stereocenters. The molecule has 1 aliphatic rings. The summed E-state index contributed by atoms with van der Waals surface area (Å²) in [4.78, 5) is 25.8. The third-order valence-electron chi connectivity index (χ3n) is 4.42. The van der Waals surface area contributed by atoms with Gasteiger partial charge < -0.3 is 9.64 Å². The molecule has 1 heterocycles. The van der Waals surface area contributed by atoms with E-state index in [0.29, 0.717) is 11.3 Å². The Balaban J connectivity index is 1.70. The molecular weight excluding hydrogens is 302 g/mol. The third-order valence-corrected chi connectivity index (χ3v) is 4.42. The van der Waals surface area contributed by atoms with Gasteiger partial charge in [0.15, 0.2) is 12.4 Å². The zero-order valence-electron chi connectivity index (χ0n) is 14.0. The number of hydrogen-bond donors (Lipinski definition) is 0. The Kier molecular flexibility index (Phi) is 4.65. The number of anilines is 1. The number of carbonyl (C=O) groups is 2. The van der Waals surface area contributed by atoms with Crippen LogP contribution in [0.2, 0.25) is 0 Å². The summed E-state index contributed by atoms with van der Waals surface area (Å²) in [6.07, 6.45) is 1.95. The van der Waals surface area contributed by atoms with Gasteiger partial charge in [-0.05, 0) is 62.6 Å². The Labute approximate surface area is 142 Å². The van der Waals surface area contributed by atoms with Gasteiger partial charge >= 0.3 is 0 Å². The van der Waals surface area contributed by atoms with E-state index in [2.05, 4.69) is 13.0 Å². The minimum atomic E-state index is -0.0507. The first-order chi connectivity index (χ1) is 11.6. The van der Waals surface area contributed by atoms with Crippen LogP contribution in [0.3, 0.4) is 0 Å². The van der Waals surface area contributed by atoms with E-state index < -0.39 is 0 Å². The van der Waals surface area contributed by atoms with Crippen molar-refractivity contribution < 1.29 is 14.3 Å². The zero-order chi connectivity index (χ0) is 17.1. The van der Waals surface area contributed by atoms with Crippen LogP contribution in [0.15, 0.2) is 48.5 Å². The molecule has 4 nitrogen and oxygen atoms in total. The third kappa shape index (κ3) is 3.32. The topological polar surface area (TPSA) is 46.6 Å². The second-order valence-electron chi connectivity index (χ2n) is 6.15. The first-order valence-corrected chi connectivity index (χ1v) is 8.20. The highest BCUT2D eigenvalue weighted by Crippen LogP contribution is 2.30. The molecule has 3 rings (SSSR count). The van der Waals surface area contributed by atoms with Crippen LogP contribution >= 0.6 is 0 Å². The van der Waals surface area contributed by atoms with Crippen LogP contribution in [0, 0.1) is 0 Å². The molecule has 0 bridgehead atoms. The SMILES string of the molecule is CC(=O)c1ccc(OCC(=O)N2c3ccccc3CCC2C)cc1. The highest BCUT2D eigenvalue weighted by atomic mass is 16.5. The monoisotopic (exact) mass is 323 g/mol. The van der Waals surface area contributed by atoms with E-state index in [1.54, 1.807) is 24.3 Å². The van der Waals surface area contributed by atoms with Gasteiger partial charge in [-0.25, -0.2) is 0 Å². The van der Waals surface area contributed by atoms with Gasteiger partial charge in [-0.3, -0.25) is 9.59 Å². The fourth-order valence-electron chi connectivity index (χ4n) is 3.07. The summed E-state index contributed by atoms with van der Waals surface area (Å²) < 4.78 is 5.62. The number of benzene rings is 2. The number of aryl methyl sites for hydroxylation is 1. The van der Waals surface area contributed by atoms with Crippen molar-refractivity contribution in [2.75, 3.05) is 11.5 Å². The summed E-state index contributed by atoms with van der Waals surface area (Å²) in [6, 6.07) is 15.0. The molecule has 0 spiro atoms. The van der Waals surface area contributed by atoms with Gasteiger partial charge in [-0.15, -0.1) is 0 Å². The molecule has 0 fully saturated rings. The lowest BCUT2D eigenvalue weighted by Gasteiger charge is -2.35. The van der Waals surface area contributed by atoms with Crippen molar-refractivity contribution in [3.63, 3.8) is 0 Å². The molecule has 0 saturated carbocycles. The van der Waals surface area contributed by atoms with Crippen molar-refractivity contribution in [3.8, 4) is 5.75 Å². The zero-order valence-corrected chi connectivity index (χ0v) is 14.0. The average Bonchev–Trinajstić information content (AvgIpc) is 2.60. The van der Waals surface area contributed by atoms with Gasteiger partial charge in [-0.1, -0.05) is 18.2 Å². The number of nitrogens with zero attached hydrogens (tertiary/aromatic N) is 1. The standard InChI is InChI=1S/C20H21NO3/c1-14-7-8-17-5-3-4-6-19(17)21(14)20(23)13-24-18-11-9-16(10-12-18)15(2)22/h3-6,9-12,14H,7-8,13H2,1-2H3. The number of fused-ring (bicyclic) bond motifs is 1. The molecule has 124 valence electrons. The van der Waals surface area contributed by atoms with Gasteiger partial charge in [0.05, 0.1) is 0 Å². The molecule has 0 N–H and O–H groups in total. The number of carbonyl (C=O) groups excluding carboxylic acids is 2. The normalized spacial score (nSPS) is 16.4. The summed E-state index contributed by atoms with van der Waals surface area (Å²) in [5, 5.41) is 0. The van der Waals surface area contributed by atoms with Crippen molar-refractivity contribution in [3.05, 3.63) is 59.7 Å². The Morgan fingerprint density at radius 1 is 1.12 bits per heavy atom. The highest BCUT2D eigenvalue weighted by Gasteiger charge is 2.28. The maximum absolute atomic E-state index is 12.7. The molecule has 24 heavy (non-hydrogen) atoms. The molecule has 0 aromatic heterocycles. The molecule has 1 amide bonds. The van der Waals surface area contributed by atoms with Crippen LogP contribution in [0.5, 0.6) is 5.75 Å². The summed E-state index contributed by atoms with van der Waals surface area (Å²) in [6.45, 7) is 3.57. The summed E-state index contributed by atoms with van der Waals surface area (Å²) in [5.41, 5.74) is 2.82. The largest absolute Gasteiger partial charge is 0.484 e. The number of ether oxygens (including phenoxy) is 1. The Hall–Kier alpha value is -2.62. The number of para-hydroxylation sites is 1. The molecule has 4 heteroatoms. The molecule has 0 radical (unpaired) electrons. The van der Waals surface area contributed by atoms with Crippen molar-refractivity contribution >= 4 is 17.4 Å². The predicted octanol–water partition coefficient (Wildman–Crippen LogP) is 3.64. The molecular formula is C20H21NO3. The fourth-order valence-corrected chi connectivity index (χ4v) is 3.07. The molecule has 1 unspecified atom stereocenters. The minimum Gasteiger partial charge on any atom is -0.484 e. The second-order valence-corrected chi connectivity index (χ2v) is 6.15. The van der Waals surface area contributed by atoms with Gasteiger partial charge in [0.2, 0.25) is 0 Å². The van der Waals surface area contributed by atoms with E-state index in [9.17, 15) is 9.59 Å². The van der Waals surface area contributed by atoms with Crippen molar-refractivity contribution in [2.45, 2.75) is 32.7 Å². The van der Waals surface area contributed by atoms with E-state index in [4.69, 9.17) is 4.74 Å². The molecule has 2 aromatic carbocycles.